The standard InChI is InChI=1S/C32H29N3O5S/c1-22-11-14-26(15-12-22)41(38,39)35-18-17-24-19-25(13-16-27(24)35)32(37)34-21-30(40-29-10-6-5-9-28(29)34)31(36)33-20-23-7-3-2-4-8-23/h2-16,19,30H,17-18,20-21H2,1H3,(H,33,36)/t30-/m0/s1. The van der Waals surface area contributed by atoms with E-state index in [2.05, 4.69) is 5.32 Å². The number of carbonyl (C=O) groups is 2. The van der Waals surface area contributed by atoms with Crippen molar-refractivity contribution < 1.29 is 22.7 Å². The van der Waals surface area contributed by atoms with Crippen LogP contribution in [0.3, 0.4) is 0 Å². The Balaban J connectivity index is 1.24. The van der Waals surface area contributed by atoms with Crippen LogP contribution in [0, 0.1) is 6.92 Å². The van der Waals surface area contributed by atoms with Crippen molar-refractivity contribution in [2.24, 2.45) is 0 Å². The lowest BCUT2D eigenvalue weighted by molar-refractivity contribution is -0.128. The number of para-hydroxylation sites is 2. The number of sulfonamides is 1. The minimum absolute atomic E-state index is 0.0431. The van der Waals surface area contributed by atoms with Crippen LogP contribution in [-0.2, 0) is 27.8 Å². The maximum atomic E-state index is 13.8. The van der Waals surface area contributed by atoms with E-state index in [1.165, 1.54) is 4.31 Å². The Morgan fingerprint density at radius 1 is 0.902 bits per heavy atom. The highest BCUT2D eigenvalue weighted by molar-refractivity contribution is 7.92. The molecule has 0 bridgehead atoms. The van der Waals surface area contributed by atoms with Crippen LogP contribution in [0.2, 0.25) is 0 Å². The van der Waals surface area contributed by atoms with E-state index in [0.29, 0.717) is 42.2 Å². The van der Waals surface area contributed by atoms with Crippen LogP contribution >= 0.6 is 0 Å². The highest BCUT2D eigenvalue weighted by Gasteiger charge is 2.36. The number of fused-ring (bicyclic) bond motifs is 2. The number of rotatable bonds is 6. The largest absolute Gasteiger partial charge is 0.477 e. The van der Waals surface area contributed by atoms with E-state index in [4.69, 9.17) is 4.74 Å². The minimum Gasteiger partial charge on any atom is -0.477 e. The maximum absolute atomic E-state index is 13.8. The molecule has 208 valence electrons. The van der Waals surface area contributed by atoms with Gasteiger partial charge in [-0.05, 0) is 66.9 Å². The van der Waals surface area contributed by atoms with E-state index in [-0.39, 0.29) is 23.3 Å². The fraction of sp³-hybridized carbons (Fsp3) is 0.188. The molecule has 41 heavy (non-hydrogen) atoms. The Hall–Kier alpha value is -4.63. The maximum Gasteiger partial charge on any atom is 0.264 e. The second-order valence-electron chi connectivity index (χ2n) is 10.2. The summed E-state index contributed by atoms with van der Waals surface area (Å²) in [7, 11) is -3.73. The summed E-state index contributed by atoms with van der Waals surface area (Å²) in [6.07, 6.45) is -0.395. The van der Waals surface area contributed by atoms with Crippen LogP contribution in [0.5, 0.6) is 5.75 Å². The molecule has 0 unspecified atom stereocenters. The Morgan fingerprint density at radius 3 is 2.41 bits per heavy atom. The third-order valence-electron chi connectivity index (χ3n) is 7.41. The minimum atomic E-state index is -3.73. The second kappa shape index (κ2) is 10.7. The third-order valence-corrected chi connectivity index (χ3v) is 9.24. The lowest BCUT2D eigenvalue weighted by Gasteiger charge is -2.34. The van der Waals surface area contributed by atoms with Crippen molar-refractivity contribution >= 4 is 33.2 Å². The van der Waals surface area contributed by atoms with Crippen molar-refractivity contribution in [1.82, 2.24) is 5.32 Å². The smallest absolute Gasteiger partial charge is 0.264 e. The highest BCUT2D eigenvalue weighted by Crippen LogP contribution is 2.37. The molecule has 0 spiro atoms. The zero-order chi connectivity index (χ0) is 28.6. The van der Waals surface area contributed by atoms with Crippen molar-refractivity contribution in [2.45, 2.75) is 30.9 Å². The van der Waals surface area contributed by atoms with E-state index >= 15 is 0 Å². The Kier molecular flexibility index (Phi) is 6.96. The van der Waals surface area contributed by atoms with E-state index in [9.17, 15) is 18.0 Å². The average Bonchev–Trinajstić information content (AvgIpc) is 3.44. The van der Waals surface area contributed by atoms with E-state index < -0.39 is 16.1 Å². The van der Waals surface area contributed by atoms with Crippen LogP contribution < -0.4 is 19.3 Å². The number of anilines is 2. The van der Waals surface area contributed by atoms with Crippen LogP contribution in [0.4, 0.5) is 11.4 Å². The number of carbonyl (C=O) groups excluding carboxylic acids is 2. The fourth-order valence-electron chi connectivity index (χ4n) is 5.21. The van der Waals surface area contributed by atoms with Gasteiger partial charge in [0, 0.05) is 18.7 Å². The zero-order valence-electron chi connectivity index (χ0n) is 22.5. The summed E-state index contributed by atoms with van der Waals surface area (Å²) in [5.74, 6) is -0.153. The molecule has 1 atom stereocenters. The molecule has 1 N–H and O–H groups in total. The molecule has 2 aliphatic heterocycles. The molecule has 2 heterocycles. The molecule has 2 amide bonds. The highest BCUT2D eigenvalue weighted by atomic mass is 32.2. The van der Waals surface area contributed by atoms with E-state index in [1.54, 1.807) is 65.6 Å². The van der Waals surface area contributed by atoms with Gasteiger partial charge in [-0.15, -0.1) is 0 Å². The van der Waals surface area contributed by atoms with Gasteiger partial charge in [0.05, 0.1) is 22.8 Å². The molecule has 4 aromatic rings. The van der Waals surface area contributed by atoms with Gasteiger partial charge in [-0.25, -0.2) is 8.42 Å². The summed E-state index contributed by atoms with van der Waals surface area (Å²) in [5.41, 5.74) is 4.29. The first-order chi connectivity index (χ1) is 19.8. The number of nitrogens with one attached hydrogen (secondary N) is 1. The summed E-state index contributed by atoms with van der Waals surface area (Å²) in [4.78, 5) is 28.7. The summed E-state index contributed by atoms with van der Waals surface area (Å²) in [5, 5.41) is 2.90. The third kappa shape index (κ3) is 5.16. The topological polar surface area (TPSA) is 96.0 Å². The molecule has 0 fully saturated rings. The van der Waals surface area contributed by atoms with E-state index in [1.807, 2.05) is 43.3 Å². The molecule has 4 aromatic carbocycles. The molecule has 0 aromatic heterocycles. The normalized spacial score (nSPS) is 16.0. The summed E-state index contributed by atoms with van der Waals surface area (Å²) in [6.45, 7) is 2.60. The molecule has 0 saturated carbocycles. The average molecular weight is 568 g/mol. The van der Waals surface area contributed by atoms with Crippen molar-refractivity contribution in [3.63, 3.8) is 0 Å². The summed E-state index contributed by atoms with van der Waals surface area (Å²) < 4.78 is 34.1. The van der Waals surface area contributed by atoms with Crippen molar-refractivity contribution in [2.75, 3.05) is 22.3 Å². The first kappa shape index (κ1) is 26.6. The van der Waals surface area contributed by atoms with Gasteiger partial charge in [0.25, 0.3) is 21.8 Å². The van der Waals surface area contributed by atoms with Crippen LogP contribution in [0.15, 0.2) is 102 Å². The molecule has 0 radical (unpaired) electrons. The van der Waals surface area contributed by atoms with Gasteiger partial charge < -0.3 is 15.0 Å². The predicted octanol–water partition coefficient (Wildman–Crippen LogP) is 4.47. The van der Waals surface area contributed by atoms with Gasteiger partial charge in [-0.1, -0.05) is 60.2 Å². The first-order valence-corrected chi connectivity index (χ1v) is 14.9. The second-order valence-corrected chi connectivity index (χ2v) is 12.0. The molecule has 9 heteroatoms. The molecule has 0 aliphatic carbocycles. The number of nitrogens with zero attached hydrogens (tertiary/aromatic N) is 2. The van der Waals surface area contributed by atoms with Gasteiger partial charge in [-0.2, -0.15) is 0 Å². The van der Waals surface area contributed by atoms with Gasteiger partial charge >= 0.3 is 0 Å². The SMILES string of the molecule is Cc1ccc(S(=O)(=O)N2CCc3cc(C(=O)N4C[C@@H](C(=O)NCc5ccccc5)Oc5ccccc54)ccc32)cc1. The van der Waals surface area contributed by atoms with Gasteiger partial charge in [0.1, 0.15) is 5.75 Å². The molecular formula is C32H29N3O5S. The lowest BCUT2D eigenvalue weighted by atomic mass is 10.1. The molecule has 8 nitrogen and oxygen atoms in total. The first-order valence-electron chi connectivity index (χ1n) is 13.4. The molecule has 0 saturated heterocycles. The number of benzene rings is 4. The number of ether oxygens (including phenoxy) is 1. The number of hydrogen-bond acceptors (Lipinski definition) is 5. The monoisotopic (exact) mass is 567 g/mol. The Morgan fingerprint density at radius 2 is 1.63 bits per heavy atom. The Bertz CT molecular complexity index is 1720. The van der Waals surface area contributed by atoms with Gasteiger partial charge in [-0.3, -0.25) is 13.9 Å². The van der Waals surface area contributed by atoms with Crippen LogP contribution in [0.25, 0.3) is 0 Å². The quantitative estimate of drug-likeness (QED) is 0.371. The number of amides is 2. The van der Waals surface area contributed by atoms with Gasteiger partial charge in [0.2, 0.25) is 0 Å². The van der Waals surface area contributed by atoms with Crippen molar-refractivity contribution in [3.8, 4) is 5.75 Å². The molecule has 2 aliphatic rings. The van der Waals surface area contributed by atoms with Crippen molar-refractivity contribution in [1.29, 1.82) is 0 Å². The fourth-order valence-corrected chi connectivity index (χ4v) is 6.71. The van der Waals surface area contributed by atoms with Gasteiger partial charge in [0.15, 0.2) is 6.10 Å². The predicted molar refractivity (Wildman–Crippen MR) is 157 cm³/mol. The van der Waals surface area contributed by atoms with E-state index in [0.717, 1.165) is 16.7 Å². The number of hydrogen-bond donors (Lipinski definition) is 1. The summed E-state index contributed by atoms with van der Waals surface area (Å²) >= 11 is 0. The molecular weight excluding hydrogens is 538 g/mol. The van der Waals surface area contributed by atoms with Crippen LogP contribution in [0.1, 0.15) is 27.0 Å². The number of aryl methyl sites for hydroxylation is 1. The molecule has 6 rings (SSSR count). The van der Waals surface area contributed by atoms with Crippen LogP contribution in [-0.4, -0.2) is 39.4 Å². The van der Waals surface area contributed by atoms with Crippen molar-refractivity contribution in [3.05, 3.63) is 119 Å². The Labute approximate surface area is 239 Å². The zero-order valence-corrected chi connectivity index (χ0v) is 23.3. The lowest BCUT2D eigenvalue weighted by Crippen LogP contribution is -2.50. The summed E-state index contributed by atoms with van der Waals surface area (Å²) in [6, 6.07) is 28.6.